The van der Waals surface area contributed by atoms with E-state index in [4.69, 9.17) is 23.7 Å². The Morgan fingerprint density at radius 3 is 2.21 bits per heavy atom. The zero-order chi connectivity index (χ0) is 20.8. The highest BCUT2D eigenvalue weighted by molar-refractivity contribution is 5.54. The van der Waals surface area contributed by atoms with E-state index in [-0.39, 0.29) is 42.1 Å². The van der Waals surface area contributed by atoms with Crippen LogP contribution in [0.2, 0.25) is 0 Å². The summed E-state index contributed by atoms with van der Waals surface area (Å²) in [5, 5.41) is 31.6. The topological polar surface area (TPSA) is 107 Å². The highest BCUT2D eigenvalue weighted by Gasteiger charge is 2.59. The van der Waals surface area contributed by atoms with Gasteiger partial charge in [-0.3, -0.25) is 0 Å². The van der Waals surface area contributed by atoms with E-state index < -0.39 is 17.8 Å². The normalized spacial score (nSPS) is 28.2. The second kappa shape index (κ2) is 7.29. The average molecular weight is 404 g/mol. The first-order valence-electron chi connectivity index (χ1n) is 9.19. The third kappa shape index (κ3) is 3.13. The number of benzene rings is 2. The van der Waals surface area contributed by atoms with Crippen LogP contribution in [0, 0.1) is 5.92 Å². The molecule has 156 valence electrons. The molecule has 2 aromatic rings. The van der Waals surface area contributed by atoms with Crippen LogP contribution in [0.15, 0.2) is 30.3 Å². The lowest BCUT2D eigenvalue weighted by Gasteiger charge is -2.28. The van der Waals surface area contributed by atoms with Gasteiger partial charge in [-0.15, -0.1) is 0 Å². The van der Waals surface area contributed by atoms with Gasteiger partial charge < -0.3 is 39.0 Å². The predicted molar refractivity (Wildman–Crippen MR) is 102 cm³/mol. The summed E-state index contributed by atoms with van der Waals surface area (Å²) < 4.78 is 27.6. The molecule has 0 aliphatic carbocycles. The molecule has 2 saturated heterocycles. The van der Waals surface area contributed by atoms with Crippen LogP contribution in [-0.2, 0) is 9.47 Å². The van der Waals surface area contributed by atoms with E-state index in [2.05, 4.69) is 0 Å². The second-order valence-corrected chi connectivity index (χ2v) is 7.28. The second-order valence-electron chi connectivity index (χ2n) is 7.28. The van der Waals surface area contributed by atoms with Gasteiger partial charge in [-0.25, -0.2) is 0 Å². The fraction of sp³-hybridized carbons (Fsp3) is 0.429. The van der Waals surface area contributed by atoms with Crippen LogP contribution < -0.4 is 14.2 Å². The van der Waals surface area contributed by atoms with E-state index in [1.54, 1.807) is 24.3 Å². The van der Waals surface area contributed by atoms with E-state index in [0.717, 1.165) is 0 Å². The molecule has 3 N–H and O–H groups in total. The molecule has 0 unspecified atom stereocenters. The van der Waals surface area contributed by atoms with Crippen molar-refractivity contribution in [3.8, 4) is 28.7 Å². The number of rotatable bonds is 5. The van der Waals surface area contributed by atoms with Gasteiger partial charge in [-0.05, 0) is 35.4 Å². The van der Waals surface area contributed by atoms with Crippen LogP contribution >= 0.6 is 0 Å². The van der Waals surface area contributed by atoms with Crippen molar-refractivity contribution in [2.45, 2.75) is 17.8 Å². The number of hydrogen-bond acceptors (Lipinski definition) is 8. The van der Waals surface area contributed by atoms with E-state index >= 15 is 0 Å². The number of phenols is 2. The van der Waals surface area contributed by atoms with Gasteiger partial charge in [0, 0.05) is 12.0 Å². The number of phenolic OH excluding ortho intramolecular Hbond substituents is 2. The maximum Gasteiger partial charge on any atom is 0.200 e. The van der Waals surface area contributed by atoms with Crippen LogP contribution in [0.25, 0.3) is 0 Å². The summed E-state index contributed by atoms with van der Waals surface area (Å²) in [4.78, 5) is 0. The smallest absolute Gasteiger partial charge is 0.200 e. The first kappa shape index (κ1) is 19.6. The van der Waals surface area contributed by atoms with Gasteiger partial charge >= 0.3 is 0 Å². The summed E-state index contributed by atoms with van der Waals surface area (Å²) in [5.41, 5.74) is 0.0169. The number of methoxy groups -OCH3 is 3. The van der Waals surface area contributed by atoms with E-state index in [1.807, 2.05) is 0 Å². The van der Waals surface area contributed by atoms with Crippen molar-refractivity contribution < 1.29 is 39.0 Å². The van der Waals surface area contributed by atoms with E-state index in [9.17, 15) is 15.3 Å². The maximum atomic E-state index is 11.5. The minimum Gasteiger partial charge on any atom is -0.508 e. The monoisotopic (exact) mass is 404 g/mol. The fourth-order valence-electron chi connectivity index (χ4n) is 4.22. The van der Waals surface area contributed by atoms with Gasteiger partial charge in [-0.2, -0.15) is 0 Å². The van der Waals surface area contributed by atoms with E-state index in [0.29, 0.717) is 16.9 Å². The lowest BCUT2D eigenvalue weighted by atomic mass is 9.80. The van der Waals surface area contributed by atoms with Gasteiger partial charge in [0.05, 0.1) is 40.6 Å². The van der Waals surface area contributed by atoms with Crippen molar-refractivity contribution in [3.63, 3.8) is 0 Å². The Hall–Kier alpha value is -2.68. The molecule has 0 aromatic heterocycles. The van der Waals surface area contributed by atoms with Gasteiger partial charge in [0.1, 0.15) is 23.2 Å². The molecule has 29 heavy (non-hydrogen) atoms. The van der Waals surface area contributed by atoms with E-state index in [1.165, 1.54) is 27.4 Å². The number of aromatic hydroxyl groups is 2. The van der Waals surface area contributed by atoms with Crippen LogP contribution in [-0.4, -0.2) is 55.5 Å². The number of ether oxygens (including phenoxy) is 5. The predicted octanol–water partition coefficient (Wildman–Crippen LogP) is 2.31. The molecule has 0 amide bonds. The van der Waals surface area contributed by atoms with Crippen molar-refractivity contribution in [2.24, 2.45) is 5.92 Å². The summed E-state index contributed by atoms with van der Waals surface area (Å²) in [6.45, 7) is 0.311. The minimum atomic E-state index is -1.30. The summed E-state index contributed by atoms with van der Waals surface area (Å²) in [5.74, 6) is 0.535. The standard InChI is InChI=1S/C21H24O8/c1-25-14-5-11(4-13(22)8-14)19-15-9-28-20(21(15,24)10-29-19)12-6-16(26-2)18(23)17(7-12)27-3/h4-8,15,19-20,22-24H,9-10H2,1-3H3/t15-,19-,20-,21-/m1/s1. The number of aliphatic hydroxyl groups is 1. The van der Waals surface area contributed by atoms with Crippen molar-refractivity contribution in [1.29, 1.82) is 0 Å². The molecule has 8 heteroatoms. The van der Waals surface area contributed by atoms with Gasteiger partial charge in [0.25, 0.3) is 0 Å². The van der Waals surface area contributed by atoms with Crippen LogP contribution in [0.4, 0.5) is 0 Å². The molecule has 4 atom stereocenters. The number of fused-ring (bicyclic) bond motifs is 1. The molecule has 2 fully saturated rings. The zero-order valence-corrected chi connectivity index (χ0v) is 16.4. The summed E-state index contributed by atoms with van der Waals surface area (Å²) >= 11 is 0. The first-order valence-corrected chi connectivity index (χ1v) is 9.19. The van der Waals surface area contributed by atoms with Gasteiger partial charge in [0.15, 0.2) is 11.5 Å². The summed E-state index contributed by atoms with van der Waals surface area (Å²) in [6, 6.07) is 8.11. The van der Waals surface area contributed by atoms with Crippen LogP contribution in [0.1, 0.15) is 23.3 Å². The Labute approximate surface area is 168 Å². The van der Waals surface area contributed by atoms with Crippen molar-refractivity contribution in [3.05, 3.63) is 41.5 Å². The Morgan fingerprint density at radius 1 is 0.897 bits per heavy atom. The molecule has 0 radical (unpaired) electrons. The SMILES string of the molecule is COc1cc(O)cc([C@H]2OC[C@]3(O)[C@@H](c4cc(OC)c(O)c(OC)c4)OC[C@H]23)c1. The largest absolute Gasteiger partial charge is 0.508 e. The highest BCUT2D eigenvalue weighted by Crippen LogP contribution is 2.54. The molecule has 8 nitrogen and oxygen atoms in total. The Balaban J connectivity index is 1.68. The van der Waals surface area contributed by atoms with Crippen LogP contribution in [0.3, 0.4) is 0 Å². The lowest BCUT2D eigenvalue weighted by molar-refractivity contribution is -0.0629. The molecular formula is C21H24O8. The third-order valence-electron chi connectivity index (χ3n) is 5.68. The first-order chi connectivity index (χ1) is 13.9. The summed E-state index contributed by atoms with van der Waals surface area (Å²) in [7, 11) is 4.40. The molecule has 0 spiro atoms. The molecule has 2 aliphatic rings. The molecular weight excluding hydrogens is 380 g/mol. The molecule has 2 aliphatic heterocycles. The Kier molecular flexibility index (Phi) is 4.94. The Bertz CT molecular complexity index is 889. The van der Waals surface area contributed by atoms with Crippen molar-refractivity contribution in [2.75, 3.05) is 34.5 Å². The lowest BCUT2D eigenvalue weighted by Crippen LogP contribution is -2.39. The third-order valence-corrected chi connectivity index (χ3v) is 5.68. The van der Waals surface area contributed by atoms with Crippen LogP contribution in [0.5, 0.6) is 28.7 Å². The Morgan fingerprint density at radius 2 is 1.59 bits per heavy atom. The van der Waals surface area contributed by atoms with Crippen molar-refractivity contribution >= 4 is 0 Å². The summed E-state index contributed by atoms with van der Waals surface area (Å²) in [6.07, 6.45) is -1.16. The molecule has 0 bridgehead atoms. The molecule has 2 heterocycles. The van der Waals surface area contributed by atoms with Gasteiger partial charge in [0.2, 0.25) is 5.75 Å². The molecule has 4 rings (SSSR count). The average Bonchev–Trinajstić information content (AvgIpc) is 3.22. The fourth-order valence-corrected chi connectivity index (χ4v) is 4.22. The molecule has 2 aromatic carbocycles. The maximum absolute atomic E-state index is 11.5. The highest BCUT2D eigenvalue weighted by atomic mass is 16.6. The molecule has 0 saturated carbocycles. The minimum absolute atomic E-state index is 0.0521. The zero-order valence-electron chi connectivity index (χ0n) is 16.4. The quantitative estimate of drug-likeness (QED) is 0.697. The number of hydrogen-bond donors (Lipinski definition) is 3. The van der Waals surface area contributed by atoms with Gasteiger partial charge in [-0.1, -0.05) is 0 Å². The van der Waals surface area contributed by atoms with Crippen molar-refractivity contribution in [1.82, 2.24) is 0 Å².